The molecule has 204 valence electrons. The quantitative estimate of drug-likeness (QED) is 0.474. The van der Waals surface area contributed by atoms with Crippen LogP contribution in [0.1, 0.15) is 63.9 Å². The predicted molar refractivity (Wildman–Crippen MR) is 140 cm³/mol. The van der Waals surface area contributed by atoms with E-state index in [2.05, 4.69) is 4.98 Å². The minimum atomic E-state index is -0.917. The molecule has 9 heteroatoms. The SMILES string of the molecule is C[C@H](Oc1ccc(Cl)cn1)[C@H]1CCN(C(=O)C2CCCCN2C(=O)C2(C)CC2)C[C@@H]1c1ccc(F)c(F)c1. The predicted octanol–water partition coefficient (Wildman–Crippen LogP) is 5.59. The number of halogens is 3. The maximum Gasteiger partial charge on any atom is 0.245 e. The van der Waals surface area contributed by atoms with Crippen molar-refractivity contribution in [2.24, 2.45) is 11.3 Å². The van der Waals surface area contributed by atoms with Crippen molar-refractivity contribution < 1.29 is 23.1 Å². The highest BCUT2D eigenvalue weighted by Gasteiger charge is 2.50. The number of hydrogen-bond donors (Lipinski definition) is 0. The Morgan fingerprint density at radius 3 is 2.58 bits per heavy atom. The van der Waals surface area contributed by atoms with E-state index in [1.54, 1.807) is 28.0 Å². The lowest BCUT2D eigenvalue weighted by molar-refractivity contribution is -0.151. The molecule has 3 aliphatic rings. The number of amides is 2. The van der Waals surface area contributed by atoms with Crippen LogP contribution in [-0.2, 0) is 9.59 Å². The van der Waals surface area contributed by atoms with Gasteiger partial charge in [-0.2, -0.15) is 0 Å². The Labute approximate surface area is 227 Å². The molecular formula is C29H34ClF2N3O3. The maximum atomic E-state index is 14.3. The average molecular weight is 546 g/mol. The van der Waals surface area contributed by atoms with Gasteiger partial charge in [-0.05, 0) is 69.2 Å². The molecule has 1 aromatic heterocycles. The van der Waals surface area contributed by atoms with Gasteiger partial charge in [0.15, 0.2) is 11.6 Å². The summed E-state index contributed by atoms with van der Waals surface area (Å²) in [5.41, 5.74) is 0.285. The molecule has 2 aromatic rings. The molecule has 1 unspecified atom stereocenters. The summed E-state index contributed by atoms with van der Waals surface area (Å²) in [6.07, 6.45) is 6.01. The van der Waals surface area contributed by atoms with E-state index in [4.69, 9.17) is 16.3 Å². The normalized spacial score (nSPS) is 25.6. The van der Waals surface area contributed by atoms with Gasteiger partial charge >= 0.3 is 0 Å². The number of carbonyl (C=O) groups excluding carboxylic acids is 2. The molecule has 2 aliphatic heterocycles. The number of benzene rings is 1. The largest absolute Gasteiger partial charge is 0.474 e. The number of hydrogen-bond acceptors (Lipinski definition) is 4. The number of nitrogens with zero attached hydrogens (tertiary/aromatic N) is 3. The Kier molecular flexibility index (Phi) is 7.63. The van der Waals surface area contributed by atoms with Crippen LogP contribution in [0.2, 0.25) is 5.02 Å². The van der Waals surface area contributed by atoms with Crippen LogP contribution in [0.4, 0.5) is 8.78 Å². The van der Waals surface area contributed by atoms with Crippen molar-refractivity contribution in [2.75, 3.05) is 19.6 Å². The van der Waals surface area contributed by atoms with Crippen LogP contribution >= 0.6 is 11.6 Å². The van der Waals surface area contributed by atoms with Crippen LogP contribution in [-0.4, -0.2) is 58.4 Å². The number of ether oxygens (including phenoxy) is 1. The first-order valence-electron chi connectivity index (χ1n) is 13.5. The van der Waals surface area contributed by atoms with Gasteiger partial charge in [0.1, 0.15) is 12.1 Å². The number of aromatic nitrogens is 1. The molecule has 3 fully saturated rings. The third kappa shape index (κ3) is 5.51. The van der Waals surface area contributed by atoms with Crippen LogP contribution in [0, 0.1) is 23.0 Å². The van der Waals surface area contributed by atoms with Gasteiger partial charge in [0.05, 0.1) is 5.02 Å². The number of pyridine rings is 1. The first-order valence-corrected chi connectivity index (χ1v) is 13.9. The van der Waals surface area contributed by atoms with E-state index in [1.165, 1.54) is 12.3 Å². The van der Waals surface area contributed by atoms with Crippen LogP contribution in [0.5, 0.6) is 5.88 Å². The highest BCUT2D eigenvalue weighted by molar-refractivity contribution is 6.30. The smallest absolute Gasteiger partial charge is 0.245 e. The maximum absolute atomic E-state index is 14.3. The molecule has 6 nitrogen and oxygen atoms in total. The van der Waals surface area contributed by atoms with E-state index >= 15 is 0 Å². The van der Waals surface area contributed by atoms with Crippen LogP contribution < -0.4 is 4.74 Å². The van der Waals surface area contributed by atoms with Crippen LogP contribution in [0.3, 0.4) is 0 Å². The van der Waals surface area contributed by atoms with E-state index in [9.17, 15) is 18.4 Å². The van der Waals surface area contributed by atoms with Gasteiger partial charge in [0.2, 0.25) is 17.7 Å². The minimum Gasteiger partial charge on any atom is -0.474 e. The van der Waals surface area contributed by atoms with Crippen LogP contribution in [0.25, 0.3) is 0 Å². The summed E-state index contributed by atoms with van der Waals surface area (Å²) in [6, 6.07) is 6.86. The molecule has 1 aliphatic carbocycles. The Bertz CT molecular complexity index is 1190. The van der Waals surface area contributed by atoms with Gasteiger partial charge in [0.25, 0.3) is 0 Å². The monoisotopic (exact) mass is 545 g/mol. The molecule has 5 rings (SSSR count). The van der Waals surface area contributed by atoms with Crippen molar-refractivity contribution in [2.45, 2.75) is 70.4 Å². The minimum absolute atomic E-state index is 0.0544. The number of piperidine rings is 2. The first kappa shape index (κ1) is 26.9. The highest BCUT2D eigenvalue weighted by Crippen LogP contribution is 2.47. The Hall–Kier alpha value is -2.74. The Morgan fingerprint density at radius 1 is 1.11 bits per heavy atom. The molecule has 1 saturated carbocycles. The zero-order valence-electron chi connectivity index (χ0n) is 21.8. The van der Waals surface area contributed by atoms with E-state index in [-0.39, 0.29) is 35.2 Å². The van der Waals surface area contributed by atoms with Crippen molar-refractivity contribution in [3.63, 3.8) is 0 Å². The molecular weight excluding hydrogens is 512 g/mol. The summed E-state index contributed by atoms with van der Waals surface area (Å²) in [7, 11) is 0. The molecule has 4 atom stereocenters. The Balaban J connectivity index is 1.37. The molecule has 0 radical (unpaired) electrons. The third-order valence-electron chi connectivity index (χ3n) is 8.52. The molecule has 38 heavy (non-hydrogen) atoms. The summed E-state index contributed by atoms with van der Waals surface area (Å²) in [4.78, 5) is 34.9. The fourth-order valence-corrected chi connectivity index (χ4v) is 6.04. The Morgan fingerprint density at radius 2 is 1.89 bits per heavy atom. The summed E-state index contributed by atoms with van der Waals surface area (Å²) >= 11 is 5.95. The molecule has 0 spiro atoms. The molecule has 2 saturated heterocycles. The lowest BCUT2D eigenvalue weighted by atomic mass is 9.77. The second-order valence-corrected chi connectivity index (χ2v) is 11.7. The van der Waals surface area contributed by atoms with Crippen molar-refractivity contribution in [3.05, 3.63) is 58.7 Å². The first-order chi connectivity index (χ1) is 18.2. The van der Waals surface area contributed by atoms with Gasteiger partial charge in [-0.15, -0.1) is 0 Å². The standard InChI is InChI=1S/C29H34ClF2N3O3/c1-18(38-26-9-7-20(30)16-33-26)21-10-14-34(17-22(21)19-6-8-23(31)24(32)15-19)27(36)25-5-3-4-13-35(25)28(37)29(2)11-12-29/h6-9,15-16,18,21-22,25H,3-5,10-14,17H2,1-2H3/t18-,21+,22+,25?/m0/s1. The fraction of sp³-hybridized carbons (Fsp3) is 0.552. The van der Waals surface area contributed by atoms with Crippen LogP contribution in [0.15, 0.2) is 36.5 Å². The molecule has 1 aromatic carbocycles. The van der Waals surface area contributed by atoms with Crippen molar-refractivity contribution in [1.82, 2.24) is 14.8 Å². The van der Waals surface area contributed by atoms with E-state index in [1.807, 2.05) is 13.8 Å². The van der Waals surface area contributed by atoms with Crippen molar-refractivity contribution in [1.29, 1.82) is 0 Å². The zero-order chi connectivity index (χ0) is 27.0. The second kappa shape index (κ2) is 10.8. The van der Waals surface area contributed by atoms with Gasteiger partial charge in [0, 0.05) is 49.1 Å². The van der Waals surface area contributed by atoms with Gasteiger partial charge in [-0.3, -0.25) is 9.59 Å². The van der Waals surface area contributed by atoms with Gasteiger partial charge in [-0.25, -0.2) is 13.8 Å². The second-order valence-electron chi connectivity index (χ2n) is 11.2. The summed E-state index contributed by atoms with van der Waals surface area (Å²) < 4.78 is 34.2. The van der Waals surface area contributed by atoms with Gasteiger partial charge < -0.3 is 14.5 Å². The van der Waals surface area contributed by atoms with Crippen molar-refractivity contribution in [3.8, 4) is 5.88 Å². The number of rotatable bonds is 6. The number of carbonyl (C=O) groups is 2. The third-order valence-corrected chi connectivity index (χ3v) is 8.75. The molecule has 0 bridgehead atoms. The lowest BCUT2D eigenvalue weighted by Gasteiger charge is -2.44. The molecule has 0 N–H and O–H groups in total. The summed E-state index contributed by atoms with van der Waals surface area (Å²) in [6.45, 7) is 5.36. The highest BCUT2D eigenvalue weighted by atomic mass is 35.5. The average Bonchev–Trinajstić information content (AvgIpc) is 3.68. The summed E-state index contributed by atoms with van der Waals surface area (Å²) in [5.74, 6) is -1.72. The van der Waals surface area contributed by atoms with Crippen molar-refractivity contribution >= 4 is 23.4 Å². The van der Waals surface area contributed by atoms with Gasteiger partial charge in [-0.1, -0.05) is 24.6 Å². The summed E-state index contributed by atoms with van der Waals surface area (Å²) in [5, 5.41) is 0.502. The molecule has 2 amide bonds. The number of likely N-dealkylation sites (tertiary alicyclic amines) is 2. The molecule has 3 heterocycles. The van der Waals surface area contributed by atoms with E-state index in [0.717, 1.165) is 31.7 Å². The van der Waals surface area contributed by atoms with E-state index < -0.39 is 17.7 Å². The fourth-order valence-electron chi connectivity index (χ4n) is 5.93. The van der Waals surface area contributed by atoms with E-state index in [0.29, 0.717) is 48.9 Å². The lowest BCUT2D eigenvalue weighted by Crippen LogP contribution is -2.57. The zero-order valence-corrected chi connectivity index (χ0v) is 22.6. The topological polar surface area (TPSA) is 62.7 Å².